The second-order valence-corrected chi connectivity index (χ2v) is 8.71. The van der Waals surface area contributed by atoms with E-state index in [1.54, 1.807) is 18.2 Å². The van der Waals surface area contributed by atoms with Crippen molar-refractivity contribution in [1.29, 1.82) is 0 Å². The molecule has 5 nitrogen and oxygen atoms in total. The van der Waals surface area contributed by atoms with E-state index >= 15 is 0 Å². The molecule has 1 aromatic rings. The molecule has 3 rings (SSSR count). The Bertz CT molecular complexity index is 640. The van der Waals surface area contributed by atoms with Crippen LogP contribution in [0, 0.1) is 5.92 Å². The lowest BCUT2D eigenvalue weighted by Crippen LogP contribution is -2.48. The lowest BCUT2D eigenvalue weighted by Gasteiger charge is -2.39. The third-order valence-electron chi connectivity index (χ3n) is 5.29. The molecule has 150 valence electrons. The zero-order valence-corrected chi connectivity index (χ0v) is 17.6. The highest BCUT2D eigenvalue weighted by Crippen LogP contribution is 2.26. The number of ether oxygens (including phenoxy) is 1. The van der Waals surface area contributed by atoms with E-state index in [4.69, 9.17) is 27.9 Å². The molecule has 2 atom stereocenters. The number of morpholine rings is 1. The van der Waals surface area contributed by atoms with Gasteiger partial charge in [-0.15, -0.1) is 0 Å². The van der Waals surface area contributed by atoms with Crippen LogP contribution in [0.4, 0.5) is 5.69 Å². The van der Waals surface area contributed by atoms with Crippen molar-refractivity contribution >= 4 is 34.8 Å². The quantitative estimate of drug-likeness (QED) is 0.797. The highest BCUT2D eigenvalue weighted by atomic mass is 35.5. The molecular formula is C20H29Cl2N3O2. The topological polar surface area (TPSA) is 44.8 Å². The van der Waals surface area contributed by atoms with Gasteiger partial charge < -0.3 is 10.1 Å². The third kappa shape index (κ3) is 6.33. The maximum Gasteiger partial charge on any atom is 0.238 e. The molecule has 27 heavy (non-hydrogen) atoms. The molecule has 2 fully saturated rings. The van der Waals surface area contributed by atoms with E-state index in [0.717, 1.165) is 45.6 Å². The summed E-state index contributed by atoms with van der Waals surface area (Å²) in [5.74, 6) is 0.651. The fourth-order valence-electron chi connectivity index (χ4n) is 4.11. The minimum Gasteiger partial charge on any atom is -0.373 e. The summed E-state index contributed by atoms with van der Waals surface area (Å²) in [6, 6.07) is 5.08. The van der Waals surface area contributed by atoms with Crippen molar-refractivity contribution in [2.45, 2.75) is 38.9 Å². The van der Waals surface area contributed by atoms with Crippen LogP contribution >= 0.6 is 23.2 Å². The number of halogens is 2. The number of rotatable bonds is 5. The number of hydrogen-bond donors (Lipinski definition) is 1. The molecule has 1 N–H and O–H groups in total. The van der Waals surface area contributed by atoms with Gasteiger partial charge in [-0.1, -0.05) is 23.2 Å². The second kappa shape index (κ2) is 9.57. The third-order valence-corrected chi connectivity index (χ3v) is 5.85. The van der Waals surface area contributed by atoms with Crippen LogP contribution < -0.4 is 5.32 Å². The van der Waals surface area contributed by atoms with E-state index in [0.29, 0.717) is 40.4 Å². The number of likely N-dealkylation sites (tertiary alicyclic amines) is 1. The van der Waals surface area contributed by atoms with Crippen LogP contribution in [-0.2, 0) is 9.53 Å². The number of carbonyl (C=O) groups excluding carboxylic acids is 1. The molecule has 1 aromatic carbocycles. The number of anilines is 1. The van der Waals surface area contributed by atoms with Gasteiger partial charge in [-0.25, -0.2) is 0 Å². The van der Waals surface area contributed by atoms with Gasteiger partial charge in [0.1, 0.15) is 0 Å². The Morgan fingerprint density at radius 1 is 1.15 bits per heavy atom. The molecule has 0 aromatic heterocycles. The number of amides is 1. The molecule has 0 bridgehead atoms. The minimum absolute atomic E-state index is 0.0477. The fraction of sp³-hybridized carbons (Fsp3) is 0.650. The predicted octanol–water partition coefficient (Wildman–Crippen LogP) is 3.75. The van der Waals surface area contributed by atoms with E-state index in [-0.39, 0.29) is 5.91 Å². The maximum atomic E-state index is 12.3. The summed E-state index contributed by atoms with van der Waals surface area (Å²) in [4.78, 5) is 17.1. The first kappa shape index (κ1) is 20.9. The van der Waals surface area contributed by atoms with E-state index in [2.05, 4.69) is 29.0 Å². The number of benzene rings is 1. The Morgan fingerprint density at radius 3 is 2.48 bits per heavy atom. The molecule has 0 radical (unpaired) electrons. The van der Waals surface area contributed by atoms with Crippen molar-refractivity contribution in [3.63, 3.8) is 0 Å². The molecule has 2 saturated heterocycles. The monoisotopic (exact) mass is 413 g/mol. The van der Waals surface area contributed by atoms with Gasteiger partial charge in [-0.05, 0) is 63.9 Å². The standard InChI is InChI=1S/C20H29Cl2N3O2/c1-14-10-25(11-15(2)27-14)12-16-5-7-24(8-6-16)13-20(26)23-19-9-17(21)3-4-18(19)22/h3-4,9,14-16H,5-8,10-13H2,1-2H3,(H,23,26)/t14-,15-/m0/s1. The highest BCUT2D eigenvalue weighted by Gasteiger charge is 2.27. The maximum absolute atomic E-state index is 12.3. The normalized spacial score (nSPS) is 25.5. The van der Waals surface area contributed by atoms with E-state index in [1.165, 1.54) is 0 Å². The van der Waals surface area contributed by atoms with Crippen LogP contribution in [0.15, 0.2) is 18.2 Å². The Morgan fingerprint density at radius 2 is 1.81 bits per heavy atom. The fourth-order valence-corrected chi connectivity index (χ4v) is 4.45. The first-order chi connectivity index (χ1) is 12.9. The largest absolute Gasteiger partial charge is 0.373 e. The van der Waals surface area contributed by atoms with Gasteiger partial charge in [0, 0.05) is 24.7 Å². The van der Waals surface area contributed by atoms with Crippen molar-refractivity contribution in [2.75, 3.05) is 44.6 Å². The van der Waals surface area contributed by atoms with E-state index < -0.39 is 0 Å². The van der Waals surface area contributed by atoms with Crippen LogP contribution in [0.1, 0.15) is 26.7 Å². The van der Waals surface area contributed by atoms with Gasteiger partial charge >= 0.3 is 0 Å². The van der Waals surface area contributed by atoms with Crippen molar-refractivity contribution in [3.05, 3.63) is 28.2 Å². The summed E-state index contributed by atoms with van der Waals surface area (Å²) in [6.07, 6.45) is 2.89. The Labute approximate surface area is 171 Å². The molecule has 0 saturated carbocycles. The van der Waals surface area contributed by atoms with Crippen molar-refractivity contribution in [2.24, 2.45) is 5.92 Å². The molecule has 2 aliphatic rings. The smallest absolute Gasteiger partial charge is 0.238 e. The van der Waals surface area contributed by atoms with Crippen LogP contribution in [0.2, 0.25) is 10.0 Å². The molecule has 0 unspecified atom stereocenters. The second-order valence-electron chi connectivity index (χ2n) is 7.87. The molecule has 1 amide bonds. The molecule has 2 aliphatic heterocycles. The first-order valence-electron chi connectivity index (χ1n) is 9.74. The van der Waals surface area contributed by atoms with Crippen LogP contribution in [0.5, 0.6) is 0 Å². The number of nitrogens with zero attached hydrogens (tertiary/aromatic N) is 2. The summed E-state index contributed by atoms with van der Waals surface area (Å²) in [5.41, 5.74) is 0.569. The van der Waals surface area contributed by atoms with Crippen molar-refractivity contribution in [3.8, 4) is 0 Å². The zero-order chi connectivity index (χ0) is 19.4. The summed E-state index contributed by atoms with van der Waals surface area (Å²) in [7, 11) is 0. The summed E-state index contributed by atoms with van der Waals surface area (Å²) >= 11 is 12.1. The van der Waals surface area contributed by atoms with Gasteiger partial charge in [0.25, 0.3) is 0 Å². The Balaban J connectivity index is 1.41. The molecule has 0 aliphatic carbocycles. The molecular weight excluding hydrogens is 385 g/mol. The van der Waals surface area contributed by atoms with Gasteiger partial charge in [0.2, 0.25) is 5.91 Å². The molecule has 2 heterocycles. The Kier molecular flexibility index (Phi) is 7.40. The molecule has 7 heteroatoms. The zero-order valence-electron chi connectivity index (χ0n) is 16.1. The summed E-state index contributed by atoms with van der Waals surface area (Å²) in [6.45, 7) is 9.78. The number of piperidine rings is 1. The van der Waals surface area contributed by atoms with Gasteiger partial charge in [0.05, 0.1) is 29.5 Å². The highest BCUT2D eigenvalue weighted by molar-refractivity contribution is 6.35. The Hall–Kier alpha value is -0.850. The SMILES string of the molecule is C[C@H]1CN(CC2CCN(CC(=O)Nc3cc(Cl)ccc3Cl)CC2)C[C@H](C)O1. The molecule has 0 spiro atoms. The van der Waals surface area contributed by atoms with Crippen molar-refractivity contribution < 1.29 is 9.53 Å². The van der Waals surface area contributed by atoms with E-state index in [1.807, 2.05) is 0 Å². The first-order valence-corrected chi connectivity index (χ1v) is 10.5. The van der Waals surface area contributed by atoms with E-state index in [9.17, 15) is 4.79 Å². The van der Waals surface area contributed by atoms with Crippen molar-refractivity contribution in [1.82, 2.24) is 9.80 Å². The van der Waals surface area contributed by atoms with Crippen LogP contribution in [0.25, 0.3) is 0 Å². The summed E-state index contributed by atoms with van der Waals surface area (Å²) in [5, 5.41) is 3.92. The average Bonchev–Trinajstić information content (AvgIpc) is 2.59. The average molecular weight is 414 g/mol. The van der Waals surface area contributed by atoms with Gasteiger partial charge in [-0.3, -0.25) is 14.6 Å². The number of nitrogens with one attached hydrogen (secondary N) is 1. The van der Waals surface area contributed by atoms with Gasteiger partial charge in [-0.2, -0.15) is 0 Å². The van der Waals surface area contributed by atoms with Gasteiger partial charge in [0.15, 0.2) is 0 Å². The predicted molar refractivity (Wildman–Crippen MR) is 111 cm³/mol. The number of hydrogen-bond acceptors (Lipinski definition) is 4. The van der Waals surface area contributed by atoms with Crippen LogP contribution in [-0.4, -0.2) is 67.2 Å². The lowest BCUT2D eigenvalue weighted by molar-refractivity contribution is -0.117. The number of carbonyl (C=O) groups is 1. The summed E-state index contributed by atoms with van der Waals surface area (Å²) < 4.78 is 5.82. The van der Waals surface area contributed by atoms with Crippen LogP contribution in [0.3, 0.4) is 0 Å². The minimum atomic E-state index is -0.0477. The lowest BCUT2D eigenvalue weighted by atomic mass is 9.95.